The number of carbonyl (C=O) groups is 2. The first kappa shape index (κ1) is 17.0. The SMILES string of the molecule is O=C(CCC1CCCC1)N1CCN(C(=O)c2ccc(Br)s2)CC1. The number of nitrogens with zero attached hydrogens (tertiary/aromatic N) is 2. The van der Waals surface area contributed by atoms with Crippen LogP contribution in [0.4, 0.5) is 0 Å². The predicted octanol–water partition coefficient (Wildman–Crippen LogP) is 3.77. The lowest BCUT2D eigenvalue weighted by atomic mass is 10.0. The number of hydrogen-bond acceptors (Lipinski definition) is 3. The standard InChI is InChI=1S/C17H23BrN2O2S/c18-15-7-6-14(23-15)17(22)20-11-9-19(10-12-20)16(21)8-5-13-3-1-2-4-13/h6-7,13H,1-5,8-12H2. The van der Waals surface area contributed by atoms with Crippen molar-refractivity contribution >= 4 is 39.1 Å². The van der Waals surface area contributed by atoms with Crippen molar-refractivity contribution in [1.29, 1.82) is 0 Å². The second-order valence-electron chi connectivity index (χ2n) is 6.47. The molecule has 0 aromatic carbocycles. The van der Waals surface area contributed by atoms with E-state index in [-0.39, 0.29) is 11.8 Å². The Hall–Kier alpha value is -0.880. The molecule has 1 aliphatic carbocycles. The third-order valence-electron chi connectivity index (χ3n) is 4.94. The molecule has 0 unspecified atom stereocenters. The zero-order chi connectivity index (χ0) is 16.2. The zero-order valence-electron chi connectivity index (χ0n) is 13.3. The molecule has 1 aliphatic heterocycles. The van der Waals surface area contributed by atoms with Crippen LogP contribution in [-0.2, 0) is 4.79 Å². The second-order valence-corrected chi connectivity index (χ2v) is 8.93. The van der Waals surface area contributed by atoms with E-state index in [1.54, 1.807) is 0 Å². The van der Waals surface area contributed by atoms with Gasteiger partial charge in [0.1, 0.15) is 0 Å². The van der Waals surface area contributed by atoms with Gasteiger partial charge in [0.05, 0.1) is 8.66 Å². The Morgan fingerprint density at radius 3 is 2.35 bits per heavy atom. The van der Waals surface area contributed by atoms with Crippen molar-refractivity contribution < 1.29 is 9.59 Å². The average molecular weight is 399 g/mol. The van der Waals surface area contributed by atoms with E-state index in [2.05, 4.69) is 15.9 Å². The molecule has 23 heavy (non-hydrogen) atoms. The summed E-state index contributed by atoms with van der Waals surface area (Å²) in [5.41, 5.74) is 0. The number of piperazine rings is 1. The molecule has 126 valence electrons. The summed E-state index contributed by atoms with van der Waals surface area (Å²) in [6.45, 7) is 2.62. The van der Waals surface area contributed by atoms with Gasteiger partial charge in [-0.2, -0.15) is 0 Å². The summed E-state index contributed by atoms with van der Waals surface area (Å²) in [5, 5.41) is 0. The Morgan fingerprint density at radius 1 is 1.09 bits per heavy atom. The molecule has 2 fully saturated rings. The lowest BCUT2D eigenvalue weighted by molar-refractivity contribution is -0.133. The van der Waals surface area contributed by atoms with Crippen LogP contribution in [-0.4, -0.2) is 47.8 Å². The van der Waals surface area contributed by atoms with E-state index in [1.165, 1.54) is 37.0 Å². The molecule has 6 heteroatoms. The van der Waals surface area contributed by atoms with Gasteiger partial charge in [-0.1, -0.05) is 25.7 Å². The fourth-order valence-electron chi connectivity index (χ4n) is 3.53. The molecule has 2 heterocycles. The molecule has 0 N–H and O–H groups in total. The molecule has 2 amide bonds. The molecule has 0 spiro atoms. The molecule has 0 bridgehead atoms. The van der Waals surface area contributed by atoms with Crippen LogP contribution in [0.1, 0.15) is 48.2 Å². The molecular formula is C17H23BrN2O2S. The molecule has 1 saturated carbocycles. The van der Waals surface area contributed by atoms with E-state index >= 15 is 0 Å². The highest BCUT2D eigenvalue weighted by molar-refractivity contribution is 9.11. The number of thiophene rings is 1. The van der Waals surface area contributed by atoms with Crippen molar-refractivity contribution in [3.05, 3.63) is 20.8 Å². The van der Waals surface area contributed by atoms with E-state index < -0.39 is 0 Å². The van der Waals surface area contributed by atoms with Crippen LogP contribution in [0.15, 0.2) is 15.9 Å². The minimum absolute atomic E-state index is 0.0822. The molecule has 2 aliphatic rings. The van der Waals surface area contributed by atoms with Gasteiger partial charge in [-0.3, -0.25) is 9.59 Å². The zero-order valence-corrected chi connectivity index (χ0v) is 15.7. The number of carbonyl (C=O) groups excluding carboxylic acids is 2. The van der Waals surface area contributed by atoms with Gasteiger partial charge in [0, 0.05) is 32.6 Å². The Labute approximate surface area is 150 Å². The number of rotatable bonds is 4. The van der Waals surface area contributed by atoms with Crippen LogP contribution in [0.2, 0.25) is 0 Å². The third kappa shape index (κ3) is 4.35. The molecule has 3 rings (SSSR count). The van der Waals surface area contributed by atoms with Crippen molar-refractivity contribution in [2.45, 2.75) is 38.5 Å². The van der Waals surface area contributed by atoms with E-state index in [0.717, 1.165) is 21.0 Å². The molecule has 4 nitrogen and oxygen atoms in total. The van der Waals surface area contributed by atoms with Crippen molar-refractivity contribution in [2.75, 3.05) is 26.2 Å². The highest BCUT2D eigenvalue weighted by Crippen LogP contribution is 2.29. The van der Waals surface area contributed by atoms with Gasteiger partial charge >= 0.3 is 0 Å². The highest BCUT2D eigenvalue weighted by Gasteiger charge is 2.26. The van der Waals surface area contributed by atoms with Crippen LogP contribution < -0.4 is 0 Å². The number of hydrogen-bond donors (Lipinski definition) is 0. The van der Waals surface area contributed by atoms with Crippen LogP contribution >= 0.6 is 27.3 Å². The first-order valence-electron chi connectivity index (χ1n) is 8.46. The largest absolute Gasteiger partial charge is 0.339 e. The second kappa shape index (κ2) is 7.79. The fraction of sp³-hybridized carbons (Fsp3) is 0.647. The first-order chi connectivity index (χ1) is 11.1. The van der Waals surface area contributed by atoms with Gasteiger partial charge in [-0.25, -0.2) is 0 Å². The van der Waals surface area contributed by atoms with Crippen molar-refractivity contribution in [2.24, 2.45) is 5.92 Å². The van der Waals surface area contributed by atoms with Gasteiger partial charge in [-0.15, -0.1) is 11.3 Å². The van der Waals surface area contributed by atoms with Gasteiger partial charge in [0.25, 0.3) is 5.91 Å². The smallest absolute Gasteiger partial charge is 0.264 e. The Bertz CT molecular complexity index is 561. The lowest BCUT2D eigenvalue weighted by Crippen LogP contribution is -2.50. The van der Waals surface area contributed by atoms with E-state index in [4.69, 9.17) is 0 Å². The van der Waals surface area contributed by atoms with Crippen molar-refractivity contribution in [3.8, 4) is 0 Å². The van der Waals surface area contributed by atoms with E-state index in [9.17, 15) is 9.59 Å². The topological polar surface area (TPSA) is 40.6 Å². The highest BCUT2D eigenvalue weighted by atomic mass is 79.9. The summed E-state index contributed by atoms with van der Waals surface area (Å²) in [5.74, 6) is 1.11. The van der Waals surface area contributed by atoms with Crippen LogP contribution in [0.3, 0.4) is 0 Å². The third-order valence-corrected chi connectivity index (χ3v) is 6.56. The molecule has 1 aromatic heterocycles. The van der Waals surface area contributed by atoms with E-state index in [0.29, 0.717) is 32.6 Å². The van der Waals surface area contributed by atoms with Crippen LogP contribution in [0.5, 0.6) is 0 Å². The first-order valence-corrected chi connectivity index (χ1v) is 10.1. The minimum atomic E-state index is 0.0822. The number of amides is 2. The molecular weight excluding hydrogens is 376 g/mol. The van der Waals surface area contributed by atoms with Gasteiger partial charge in [0.2, 0.25) is 5.91 Å². The monoisotopic (exact) mass is 398 g/mol. The van der Waals surface area contributed by atoms with Crippen molar-refractivity contribution in [3.63, 3.8) is 0 Å². The average Bonchev–Trinajstić information content (AvgIpc) is 3.23. The van der Waals surface area contributed by atoms with Gasteiger partial charge < -0.3 is 9.80 Å². The summed E-state index contributed by atoms with van der Waals surface area (Å²) in [7, 11) is 0. The quantitative estimate of drug-likeness (QED) is 0.774. The predicted molar refractivity (Wildman–Crippen MR) is 95.7 cm³/mol. The fourth-order valence-corrected chi connectivity index (χ4v) is 4.88. The van der Waals surface area contributed by atoms with Gasteiger partial charge in [0.15, 0.2) is 0 Å². The number of halogens is 1. The minimum Gasteiger partial charge on any atom is -0.339 e. The Kier molecular flexibility index (Phi) is 5.75. The van der Waals surface area contributed by atoms with Gasteiger partial charge in [-0.05, 0) is 40.4 Å². The van der Waals surface area contributed by atoms with Crippen LogP contribution in [0, 0.1) is 5.92 Å². The summed E-state index contributed by atoms with van der Waals surface area (Å²) in [6, 6.07) is 3.76. The molecule has 0 atom stereocenters. The summed E-state index contributed by atoms with van der Waals surface area (Å²) < 4.78 is 0.974. The summed E-state index contributed by atoms with van der Waals surface area (Å²) >= 11 is 4.86. The van der Waals surface area contributed by atoms with E-state index in [1.807, 2.05) is 21.9 Å². The molecule has 0 radical (unpaired) electrons. The Balaban J connectivity index is 1.44. The maximum Gasteiger partial charge on any atom is 0.264 e. The van der Waals surface area contributed by atoms with Crippen LogP contribution in [0.25, 0.3) is 0 Å². The summed E-state index contributed by atoms with van der Waals surface area (Å²) in [4.78, 5) is 29.3. The maximum atomic E-state index is 12.4. The van der Waals surface area contributed by atoms with Crippen molar-refractivity contribution in [1.82, 2.24) is 9.80 Å². The maximum absolute atomic E-state index is 12.4. The molecule has 1 saturated heterocycles. The Morgan fingerprint density at radius 2 is 1.74 bits per heavy atom. The normalized spacial score (nSPS) is 19.3. The molecule has 1 aromatic rings. The lowest BCUT2D eigenvalue weighted by Gasteiger charge is -2.34. The summed E-state index contributed by atoms with van der Waals surface area (Å²) in [6.07, 6.45) is 6.98.